The molecule has 0 saturated heterocycles. The van der Waals surface area contributed by atoms with Crippen LogP contribution < -0.4 is 0 Å². The van der Waals surface area contributed by atoms with E-state index in [9.17, 15) is 18.0 Å². The number of ketones is 1. The van der Waals surface area contributed by atoms with Crippen LogP contribution in [0.3, 0.4) is 0 Å². The molecule has 15 heavy (non-hydrogen) atoms. The van der Waals surface area contributed by atoms with Crippen LogP contribution in [0.15, 0.2) is 11.8 Å². The van der Waals surface area contributed by atoms with Crippen LogP contribution in [0.5, 0.6) is 0 Å². The fraction of sp³-hybridized carbons (Fsp3) is 0.667. The molecule has 1 aliphatic rings. The molecule has 0 bridgehead atoms. The molecule has 86 valence electrons. The molecule has 1 rings (SSSR count). The quantitative estimate of drug-likeness (QED) is 0.775. The highest BCUT2D eigenvalue weighted by atomic mass is 19.4. The van der Waals surface area contributed by atoms with Crippen molar-refractivity contribution in [1.29, 1.82) is 0 Å². The van der Waals surface area contributed by atoms with Crippen LogP contribution in [-0.4, -0.2) is 41.7 Å². The monoisotopic (exact) mass is 223 g/mol. The first kappa shape index (κ1) is 12.0. The molecule has 0 fully saturated rings. The molecule has 0 amide bonds. The second-order valence-electron chi connectivity index (χ2n) is 3.36. The van der Waals surface area contributed by atoms with Crippen molar-refractivity contribution in [3.8, 4) is 0 Å². The Morgan fingerprint density at radius 3 is 2.47 bits per heavy atom. The predicted octanol–water partition coefficient (Wildman–Crippen LogP) is 1.09. The Labute approximate surface area is 85.2 Å². The fourth-order valence-electron chi connectivity index (χ4n) is 1.49. The Morgan fingerprint density at radius 2 is 2.07 bits per heavy atom. The molecule has 0 aromatic rings. The van der Waals surface area contributed by atoms with Crippen molar-refractivity contribution < 1.29 is 23.1 Å². The molecule has 0 atom stereocenters. The number of aliphatic hydroxyl groups excluding tert-OH is 1. The summed E-state index contributed by atoms with van der Waals surface area (Å²) < 4.78 is 36.4. The zero-order valence-electron chi connectivity index (χ0n) is 8.05. The number of carbonyl (C=O) groups is 1. The molecule has 3 nitrogen and oxygen atoms in total. The first-order valence-corrected chi connectivity index (χ1v) is 4.58. The molecule has 0 aliphatic heterocycles. The zero-order valence-corrected chi connectivity index (χ0v) is 8.05. The largest absolute Gasteiger partial charge is 0.405 e. The maximum absolute atomic E-state index is 12.1. The van der Waals surface area contributed by atoms with E-state index in [0.29, 0.717) is 12.1 Å². The third-order valence-corrected chi connectivity index (χ3v) is 2.10. The number of aliphatic hydroxyl groups is 1. The number of halogens is 3. The second kappa shape index (κ2) is 4.65. The zero-order chi connectivity index (χ0) is 11.5. The summed E-state index contributed by atoms with van der Waals surface area (Å²) in [5.41, 5.74) is 0.367. The highest BCUT2D eigenvalue weighted by Crippen LogP contribution is 2.24. The second-order valence-corrected chi connectivity index (χ2v) is 3.36. The normalized spacial score (nSPS) is 16.8. The molecule has 0 spiro atoms. The van der Waals surface area contributed by atoms with Crippen LogP contribution >= 0.6 is 0 Å². The Morgan fingerprint density at radius 1 is 1.40 bits per heavy atom. The van der Waals surface area contributed by atoms with E-state index in [0.717, 1.165) is 4.90 Å². The van der Waals surface area contributed by atoms with E-state index in [1.54, 1.807) is 0 Å². The van der Waals surface area contributed by atoms with E-state index in [1.807, 2.05) is 0 Å². The van der Waals surface area contributed by atoms with E-state index in [1.165, 1.54) is 6.08 Å². The van der Waals surface area contributed by atoms with Crippen molar-refractivity contribution in [2.24, 2.45) is 0 Å². The maximum atomic E-state index is 12.1. The Bertz CT molecular complexity index is 273. The third-order valence-electron chi connectivity index (χ3n) is 2.10. The van der Waals surface area contributed by atoms with Crippen molar-refractivity contribution in [3.05, 3.63) is 11.8 Å². The van der Waals surface area contributed by atoms with Gasteiger partial charge in [0.2, 0.25) is 0 Å². The highest BCUT2D eigenvalue weighted by Gasteiger charge is 2.32. The van der Waals surface area contributed by atoms with Crippen molar-refractivity contribution in [2.75, 3.05) is 19.7 Å². The first-order chi connectivity index (χ1) is 6.92. The van der Waals surface area contributed by atoms with Gasteiger partial charge in [0.05, 0.1) is 6.61 Å². The number of hydrogen-bond acceptors (Lipinski definition) is 3. The summed E-state index contributed by atoms with van der Waals surface area (Å²) in [6, 6.07) is 0. The van der Waals surface area contributed by atoms with Gasteiger partial charge in [-0.1, -0.05) is 0 Å². The van der Waals surface area contributed by atoms with Gasteiger partial charge in [-0.2, -0.15) is 13.2 Å². The van der Waals surface area contributed by atoms with E-state index in [4.69, 9.17) is 5.11 Å². The van der Waals surface area contributed by atoms with Crippen molar-refractivity contribution in [1.82, 2.24) is 4.90 Å². The minimum absolute atomic E-state index is 0.0986. The van der Waals surface area contributed by atoms with Gasteiger partial charge in [-0.25, -0.2) is 0 Å². The summed E-state index contributed by atoms with van der Waals surface area (Å²) in [7, 11) is 0. The van der Waals surface area contributed by atoms with Crippen molar-refractivity contribution in [3.63, 3.8) is 0 Å². The summed E-state index contributed by atoms with van der Waals surface area (Å²) in [4.78, 5) is 11.9. The molecule has 0 aromatic heterocycles. The molecule has 0 radical (unpaired) electrons. The first-order valence-electron chi connectivity index (χ1n) is 4.58. The number of rotatable bonds is 4. The topological polar surface area (TPSA) is 40.5 Å². The molecule has 1 N–H and O–H groups in total. The van der Waals surface area contributed by atoms with Gasteiger partial charge in [-0.3, -0.25) is 4.79 Å². The molecule has 0 unspecified atom stereocenters. The van der Waals surface area contributed by atoms with E-state index in [2.05, 4.69) is 0 Å². The van der Waals surface area contributed by atoms with Crippen LogP contribution in [0.1, 0.15) is 12.8 Å². The lowest BCUT2D eigenvalue weighted by molar-refractivity contribution is -0.142. The van der Waals surface area contributed by atoms with Crippen molar-refractivity contribution in [2.45, 2.75) is 19.0 Å². The lowest BCUT2D eigenvalue weighted by Gasteiger charge is -2.25. The number of nitrogens with zero attached hydrogens (tertiary/aromatic N) is 1. The van der Waals surface area contributed by atoms with Crippen LogP contribution in [0.4, 0.5) is 13.2 Å². The van der Waals surface area contributed by atoms with Gasteiger partial charge in [0.15, 0.2) is 5.78 Å². The van der Waals surface area contributed by atoms with Gasteiger partial charge >= 0.3 is 6.18 Å². The third kappa shape index (κ3) is 3.91. The maximum Gasteiger partial charge on any atom is 0.405 e. The van der Waals surface area contributed by atoms with Crippen LogP contribution in [-0.2, 0) is 4.79 Å². The molecule has 0 aromatic carbocycles. The summed E-state index contributed by atoms with van der Waals surface area (Å²) in [5.74, 6) is -0.157. The number of carbonyl (C=O) groups excluding carboxylic acids is 1. The predicted molar refractivity (Wildman–Crippen MR) is 47.0 cm³/mol. The fourth-order valence-corrected chi connectivity index (χ4v) is 1.49. The van der Waals surface area contributed by atoms with E-state index < -0.39 is 12.7 Å². The van der Waals surface area contributed by atoms with Gasteiger partial charge in [0.25, 0.3) is 0 Å². The number of allylic oxidation sites excluding steroid dienone is 2. The number of alkyl halides is 3. The van der Waals surface area contributed by atoms with Gasteiger partial charge < -0.3 is 10.0 Å². The smallest absolute Gasteiger partial charge is 0.395 e. The molecule has 0 saturated carbocycles. The van der Waals surface area contributed by atoms with Crippen molar-refractivity contribution >= 4 is 5.78 Å². The highest BCUT2D eigenvalue weighted by molar-refractivity contribution is 5.92. The van der Waals surface area contributed by atoms with E-state index >= 15 is 0 Å². The molecule has 6 heteroatoms. The molecular formula is C9H12F3NO2. The Kier molecular flexibility index (Phi) is 3.73. The van der Waals surface area contributed by atoms with Gasteiger partial charge in [-0.05, 0) is 6.42 Å². The summed E-state index contributed by atoms with van der Waals surface area (Å²) in [6.45, 7) is -1.58. The lowest BCUT2D eigenvalue weighted by atomic mass is 10.3. The standard InChI is InChI=1S/C9H12F3NO2/c10-9(11,12)6-13(3-4-14)7-1-2-8(15)5-7/h5,14H,1-4,6H2. The minimum atomic E-state index is -4.32. The molecule has 0 heterocycles. The lowest BCUT2D eigenvalue weighted by Crippen LogP contribution is -2.35. The average molecular weight is 223 g/mol. The van der Waals surface area contributed by atoms with Crippen LogP contribution in [0, 0.1) is 0 Å². The minimum Gasteiger partial charge on any atom is -0.395 e. The number of hydrogen-bond donors (Lipinski definition) is 1. The SMILES string of the molecule is O=C1C=C(N(CCO)CC(F)(F)F)CC1. The van der Waals surface area contributed by atoms with Gasteiger partial charge in [0.1, 0.15) is 6.54 Å². The summed E-state index contributed by atoms with van der Waals surface area (Å²) in [5, 5.41) is 8.64. The van der Waals surface area contributed by atoms with Gasteiger partial charge in [-0.15, -0.1) is 0 Å². The average Bonchev–Trinajstić information content (AvgIpc) is 2.48. The Hall–Kier alpha value is -1.04. The van der Waals surface area contributed by atoms with Crippen LogP contribution in [0.2, 0.25) is 0 Å². The summed E-state index contributed by atoms with van der Waals surface area (Å²) in [6.07, 6.45) is -2.51. The van der Waals surface area contributed by atoms with Crippen LogP contribution in [0.25, 0.3) is 0 Å². The molecular weight excluding hydrogens is 211 g/mol. The summed E-state index contributed by atoms with van der Waals surface area (Å²) >= 11 is 0. The van der Waals surface area contributed by atoms with Gasteiger partial charge in [0, 0.05) is 24.7 Å². The Balaban J connectivity index is 2.65. The van der Waals surface area contributed by atoms with E-state index in [-0.39, 0.29) is 25.4 Å². The molecule has 1 aliphatic carbocycles.